The number of hydrogen-bond acceptors (Lipinski definition) is 6. The lowest BCUT2D eigenvalue weighted by atomic mass is 10.2. The van der Waals surface area contributed by atoms with Crippen LogP contribution in [-0.2, 0) is 9.84 Å². The zero-order chi connectivity index (χ0) is 13.2. The molecule has 1 aliphatic heterocycles. The molecule has 1 aliphatic rings. The Labute approximate surface area is 107 Å². The van der Waals surface area contributed by atoms with Gasteiger partial charge in [-0.1, -0.05) is 0 Å². The van der Waals surface area contributed by atoms with Gasteiger partial charge < -0.3 is 10.6 Å². The Morgan fingerprint density at radius 2 is 2.11 bits per heavy atom. The molecule has 0 aromatic carbocycles. The maximum Gasteiger partial charge on any atom is 0.154 e. The molecule has 1 unspecified atom stereocenters. The second-order valence-corrected chi connectivity index (χ2v) is 6.86. The molecule has 0 bridgehead atoms. The van der Waals surface area contributed by atoms with Crippen LogP contribution in [0.25, 0.3) is 0 Å². The van der Waals surface area contributed by atoms with Crippen molar-refractivity contribution in [2.75, 3.05) is 30.0 Å². The van der Waals surface area contributed by atoms with E-state index in [1.54, 1.807) is 7.05 Å². The van der Waals surface area contributed by atoms with Crippen LogP contribution in [0, 0.1) is 6.92 Å². The first-order chi connectivity index (χ1) is 8.54. The molecule has 0 spiro atoms. The summed E-state index contributed by atoms with van der Waals surface area (Å²) in [6.45, 7) is 2.32. The molecule has 18 heavy (non-hydrogen) atoms. The maximum absolute atomic E-state index is 11.7. The summed E-state index contributed by atoms with van der Waals surface area (Å²) < 4.78 is 23.4. The van der Waals surface area contributed by atoms with E-state index in [2.05, 4.69) is 20.6 Å². The normalized spacial score (nSPS) is 21.8. The minimum Gasteiger partial charge on any atom is -0.373 e. The van der Waals surface area contributed by atoms with Gasteiger partial charge in [-0.25, -0.2) is 18.4 Å². The highest BCUT2D eigenvalue weighted by Crippen LogP contribution is 2.22. The molecule has 0 radical (unpaired) electrons. The third-order valence-corrected chi connectivity index (χ3v) is 5.56. The fourth-order valence-electron chi connectivity index (χ4n) is 2.18. The van der Waals surface area contributed by atoms with Crippen molar-refractivity contribution in [3.8, 4) is 0 Å². The molecule has 1 saturated heterocycles. The summed E-state index contributed by atoms with van der Waals surface area (Å²) in [5.41, 5.74) is 0.899. The van der Waals surface area contributed by atoms with E-state index in [4.69, 9.17) is 0 Å². The first kappa shape index (κ1) is 13.1. The van der Waals surface area contributed by atoms with Gasteiger partial charge in [-0.3, -0.25) is 0 Å². The fraction of sp³-hybridized carbons (Fsp3) is 0.636. The van der Waals surface area contributed by atoms with E-state index in [-0.39, 0.29) is 5.25 Å². The smallest absolute Gasteiger partial charge is 0.154 e. The first-order valence-corrected chi connectivity index (χ1v) is 7.71. The van der Waals surface area contributed by atoms with Crippen LogP contribution in [0.15, 0.2) is 6.33 Å². The molecule has 2 rings (SSSR count). The van der Waals surface area contributed by atoms with Gasteiger partial charge >= 0.3 is 0 Å². The molecule has 2 heterocycles. The van der Waals surface area contributed by atoms with E-state index >= 15 is 0 Å². The number of rotatable bonds is 4. The number of anilines is 2. The van der Waals surface area contributed by atoms with Crippen LogP contribution in [0.1, 0.15) is 18.4 Å². The van der Waals surface area contributed by atoms with Gasteiger partial charge in [-0.15, -0.1) is 0 Å². The highest BCUT2D eigenvalue weighted by atomic mass is 32.2. The third-order valence-electron chi connectivity index (χ3n) is 3.28. The van der Waals surface area contributed by atoms with Crippen molar-refractivity contribution >= 4 is 21.5 Å². The zero-order valence-electron chi connectivity index (χ0n) is 10.6. The van der Waals surface area contributed by atoms with E-state index in [0.717, 1.165) is 24.2 Å². The Bertz CT molecular complexity index is 530. The number of sulfone groups is 1. The lowest BCUT2D eigenvalue weighted by Gasteiger charge is -2.14. The van der Waals surface area contributed by atoms with Gasteiger partial charge in [-0.2, -0.15) is 0 Å². The van der Waals surface area contributed by atoms with Crippen LogP contribution in [0.4, 0.5) is 11.6 Å². The molecule has 1 atom stereocenters. The molecule has 100 valence electrons. The Morgan fingerprint density at radius 3 is 2.72 bits per heavy atom. The Balaban J connectivity index is 2.07. The minimum absolute atomic E-state index is 0.287. The second-order valence-electron chi connectivity index (χ2n) is 4.46. The molecule has 1 fully saturated rings. The highest BCUT2D eigenvalue weighted by molar-refractivity contribution is 7.92. The monoisotopic (exact) mass is 270 g/mol. The van der Waals surface area contributed by atoms with Crippen LogP contribution < -0.4 is 10.6 Å². The standard InChI is InChI=1S/C11H18N4O2S/c1-8-10(12-2)14-7-15-11(8)13-6-9-4-3-5-18(9,16)17/h7,9H,3-6H2,1-2H3,(H2,12,13,14,15). The average Bonchev–Trinajstić information content (AvgIpc) is 2.67. The molecule has 0 saturated carbocycles. The third kappa shape index (κ3) is 2.55. The van der Waals surface area contributed by atoms with Gasteiger partial charge in [0.2, 0.25) is 0 Å². The summed E-state index contributed by atoms with van der Waals surface area (Å²) in [5.74, 6) is 1.75. The quantitative estimate of drug-likeness (QED) is 0.842. The summed E-state index contributed by atoms with van der Waals surface area (Å²) in [4.78, 5) is 8.22. The Hall–Kier alpha value is -1.37. The number of aromatic nitrogens is 2. The van der Waals surface area contributed by atoms with Crippen LogP contribution in [0.2, 0.25) is 0 Å². The molecule has 0 amide bonds. The summed E-state index contributed by atoms with van der Waals surface area (Å²) in [6.07, 6.45) is 2.96. The fourth-order valence-corrected chi connectivity index (χ4v) is 3.94. The van der Waals surface area contributed by atoms with Crippen LogP contribution in [-0.4, -0.2) is 43.0 Å². The van der Waals surface area contributed by atoms with Crippen LogP contribution in [0.5, 0.6) is 0 Å². The largest absolute Gasteiger partial charge is 0.373 e. The molecule has 1 aromatic heterocycles. The number of nitrogens with one attached hydrogen (secondary N) is 2. The first-order valence-electron chi connectivity index (χ1n) is 5.99. The van der Waals surface area contributed by atoms with Crippen LogP contribution >= 0.6 is 0 Å². The molecule has 0 aliphatic carbocycles. The lowest BCUT2D eigenvalue weighted by molar-refractivity contribution is 0.591. The van der Waals surface area contributed by atoms with Crippen molar-refractivity contribution in [3.63, 3.8) is 0 Å². The Kier molecular flexibility index (Phi) is 3.70. The maximum atomic E-state index is 11.7. The SMILES string of the molecule is CNc1ncnc(NCC2CCCS2(=O)=O)c1C. The van der Waals surface area contributed by atoms with Crippen LogP contribution in [0.3, 0.4) is 0 Å². The van der Waals surface area contributed by atoms with E-state index < -0.39 is 9.84 Å². The van der Waals surface area contributed by atoms with E-state index in [9.17, 15) is 8.42 Å². The molecular weight excluding hydrogens is 252 g/mol. The highest BCUT2D eigenvalue weighted by Gasteiger charge is 2.31. The topological polar surface area (TPSA) is 84.0 Å². The van der Waals surface area contributed by atoms with Gasteiger partial charge in [0.25, 0.3) is 0 Å². The molecule has 7 heteroatoms. The van der Waals surface area contributed by atoms with E-state index in [0.29, 0.717) is 18.1 Å². The summed E-state index contributed by atoms with van der Waals surface area (Å²) in [6, 6.07) is 0. The summed E-state index contributed by atoms with van der Waals surface area (Å²) in [5, 5.41) is 5.80. The van der Waals surface area contributed by atoms with E-state index in [1.807, 2.05) is 6.92 Å². The van der Waals surface area contributed by atoms with Crippen molar-refractivity contribution in [2.45, 2.75) is 25.0 Å². The van der Waals surface area contributed by atoms with E-state index in [1.165, 1.54) is 6.33 Å². The molecule has 2 N–H and O–H groups in total. The van der Waals surface area contributed by atoms with Gasteiger partial charge in [0, 0.05) is 19.2 Å². The van der Waals surface area contributed by atoms with Crippen molar-refractivity contribution in [2.24, 2.45) is 0 Å². The van der Waals surface area contributed by atoms with Gasteiger partial charge in [0.15, 0.2) is 9.84 Å². The van der Waals surface area contributed by atoms with Crippen molar-refractivity contribution in [3.05, 3.63) is 11.9 Å². The average molecular weight is 270 g/mol. The van der Waals surface area contributed by atoms with Gasteiger partial charge in [0.05, 0.1) is 11.0 Å². The summed E-state index contributed by atoms with van der Waals surface area (Å²) >= 11 is 0. The van der Waals surface area contributed by atoms with Crippen molar-refractivity contribution in [1.82, 2.24) is 9.97 Å². The predicted octanol–water partition coefficient (Wildman–Crippen LogP) is 0.816. The lowest BCUT2D eigenvalue weighted by Crippen LogP contribution is -2.25. The molecular formula is C11H18N4O2S. The summed E-state index contributed by atoms with van der Waals surface area (Å²) in [7, 11) is -1.12. The minimum atomic E-state index is -2.91. The predicted molar refractivity (Wildman–Crippen MR) is 71.6 cm³/mol. The molecule has 1 aromatic rings. The number of hydrogen-bond donors (Lipinski definition) is 2. The van der Waals surface area contributed by atoms with Crippen molar-refractivity contribution < 1.29 is 8.42 Å². The second kappa shape index (κ2) is 5.09. The zero-order valence-corrected chi connectivity index (χ0v) is 11.4. The van der Waals surface area contributed by atoms with Gasteiger partial charge in [-0.05, 0) is 19.8 Å². The van der Waals surface area contributed by atoms with Gasteiger partial charge in [0.1, 0.15) is 18.0 Å². The number of nitrogens with zero attached hydrogens (tertiary/aromatic N) is 2. The Morgan fingerprint density at radius 1 is 1.39 bits per heavy atom. The molecule has 6 nitrogen and oxygen atoms in total. The van der Waals surface area contributed by atoms with Crippen molar-refractivity contribution in [1.29, 1.82) is 0 Å².